The molecule has 4 heteroatoms. The number of ether oxygens (including phenoxy) is 1. The smallest absolute Gasteiger partial charge is 0.294 e. The minimum atomic E-state index is 0.639. The number of nitrogens with one attached hydrogen (secondary N) is 2. The highest BCUT2D eigenvalue weighted by atomic mass is 16.5. The molecule has 18 heavy (non-hydrogen) atoms. The lowest BCUT2D eigenvalue weighted by atomic mass is 9.97. The molecule has 0 bridgehead atoms. The molecule has 1 aromatic carbocycles. The van der Waals surface area contributed by atoms with Gasteiger partial charge in [0.15, 0.2) is 0 Å². The predicted octanol–water partition coefficient (Wildman–Crippen LogP) is 2.33. The fourth-order valence-electron chi connectivity index (χ4n) is 2.49. The molecule has 0 spiro atoms. The van der Waals surface area contributed by atoms with Crippen LogP contribution in [0.3, 0.4) is 0 Å². The second kappa shape index (κ2) is 5.40. The van der Waals surface area contributed by atoms with E-state index in [9.17, 15) is 0 Å². The number of piperidine rings is 1. The molecule has 0 radical (unpaired) electrons. The fourth-order valence-corrected chi connectivity index (χ4v) is 2.49. The van der Waals surface area contributed by atoms with E-state index in [2.05, 4.69) is 15.3 Å². The van der Waals surface area contributed by atoms with Gasteiger partial charge in [0.2, 0.25) is 0 Å². The van der Waals surface area contributed by atoms with Gasteiger partial charge in [-0.05, 0) is 50.4 Å². The number of aromatic nitrogens is 2. The Balaban J connectivity index is 1.53. The van der Waals surface area contributed by atoms with Gasteiger partial charge in [-0.25, -0.2) is 0 Å². The van der Waals surface area contributed by atoms with E-state index in [4.69, 9.17) is 4.74 Å². The molecular formula is C14H19N3O. The standard InChI is InChI=1S/C14H19N3O/c1-2-6-13-12(5-1)16-14(17-13)18-9-7-11-4-3-8-15-10-11/h1-2,5-6,11,15H,3-4,7-10H2,(H,16,17)/t11-/m0/s1. The summed E-state index contributed by atoms with van der Waals surface area (Å²) in [7, 11) is 0. The summed E-state index contributed by atoms with van der Waals surface area (Å²) in [4.78, 5) is 7.59. The van der Waals surface area contributed by atoms with Crippen LogP contribution in [-0.2, 0) is 0 Å². The summed E-state index contributed by atoms with van der Waals surface area (Å²) in [6.07, 6.45) is 3.70. The third-order valence-corrected chi connectivity index (χ3v) is 3.53. The molecule has 0 unspecified atom stereocenters. The topological polar surface area (TPSA) is 49.9 Å². The Morgan fingerprint density at radius 2 is 2.28 bits per heavy atom. The quantitative estimate of drug-likeness (QED) is 0.869. The molecule has 1 aromatic heterocycles. The van der Waals surface area contributed by atoms with Gasteiger partial charge in [-0.1, -0.05) is 12.1 Å². The molecule has 1 fully saturated rings. The lowest BCUT2D eigenvalue weighted by Crippen LogP contribution is -2.30. The van der Waals surface area contributed by atoms with Gasteiger partial charge in [0.1, 0.15) is 0 Å². The zero-order valence-corrected chi connectivity index (χ0v) is 10.5. The van der Waals surface area contributed by atoms with Gasteiger partial charge in [0.25, 0.3) is 6.01 Å². The third-order valence-electron chi connectivity index (χ3n) is 3.53. The average Bonchev–Trinajstić information content (AvgIpc) is 2.82. The monoisotopic (exact) mass is 245 g/mol. The zero-order valence-electron chi connectivity index (χ0n) is 10.5. The average molecular weight is 245 g/mol. The van der Waals surface area contributed by atoms with Crippen molar-refractivity contribution < 1.29 is 4.74 Å². The van der Waals surface area contributed by atoms with Crippen molar-refractivity contribution >= 4 is 11.0 Å². The Bertz CT molecular complexity index is 469. The number of hydrogen-bond acceptors (Lipinski definition) is 3. The van der Waals surface area contributed by atoms with E-state index in [0.29, 0.717) is 6.01 Å². The van der Waals surface area contributed by atoms with Crippen LogP contribution in [0.15, 0.2) is 24.3 Å². The Morgan fingerprint density at radius 3 is 3.11 bits per heavy atom. The first-order valence-corrected chi connectivity index (χ1v) is 6.70. The first kappa shape index (κ1) is 11.5. The number of fused-ring (bicyclic) bond motifs is 1. The van der Waals surface area contributed by atoms with Crippen LogP contribution in [0.4, 0.5) is 0 Å². The van der Waals surface area contributed by atoms with E-state index in [1.54, 1.807) is 0 Å². The lowest BCUT2D eigenvalue weighted by molar-refractivity contribution is 0.242. The van der Waals surface area contributed by atoms with Crippen molar-refractivity contribution in [3.63, 3.8) is 0 Å². The highest BCUT2D eigenvalue weighted by Crippen LogP contribution is 2.17. The van der Waals surface area contributed by atoms with E-state index in [1.165, 1.54) is 19.4 Å². The highest BCUT2D eigenvalue weighted by Gasteiger charge is 2.13. The number of H-pyrrole nitrogens is 1. The van der Waals surface area contributed by atoms with Gasteiger partial charge in [-0.15, -0.1) is 0 Å². The van der Waals surface area contributed by atoms with Gasteiger partial charge in [0, 0.05) is 0 Å². The summed E-state index contributed by atoms with van der Waals surface area (Å²) in [5.41, 5.74) is 2.00. The van der Waals surface area contributed by atoms with Crippen LogP contribution in [0.1, 0.15) is 19.3 Å². The minimum Gasteiger partial charge on any atom is -0.465 e. The molecular weight excluding hydrogens is 226 g/mol. The first-order chi connectivity index (χ1) is 8.92. The predicted molar refractivity (Wildman–Crippen MR) is 71.8 cm³/mol. The number of imidazole rings is 1. The summed E-state index contributed by atoms with van der Waals surface area (Å²) in [6.45, 7) is 3.04. The van der Waals surface area contributed by atoms with Crippen LogP contribution < -0.4 is 10.1 Å². The fraction of sp³-hybridized carbons (Fsp3) is 0.500. The van der Waals surface area contributed by atoms with Crippen molar-refractivity contribution in [3.8, 4) is 6.01 Å². The Labute approximate surface area is 107 Å². The number of aromatic amines is 1. The third kappa shape index (κ3) is 2.64. The van der Waals surface area contributed by atoms with E-state index in [1.807, 2.05) is 24.3 Å². The number of benzene rings is 1. The molecule has 4 nitrogen and oxygen atoms in total. The molecule has 0 amide bonds. The number of nitrogens with zero attached hydrogens (tertiary/aromatic N) is 1. The van der Waals surface area contributed by atoms with Crippen LogP contribution in [0.25, 0.3) is 11.0 Å². The van der Waals surface area contributed by atoms with E-state index in [-0.39, 0.29) is 0 Å². The minimum absolute atomic E-state index is 0.639. The summed E-state index contributed by atoms with van der Waals surface area (Å²) in [5.74, 6) is 0.753. The molecule has 2 heterocycles. The Kier molecular flexibility index (Phi) is 3.46. The molecule has 2 N–H and O–H groups in total. The van der Waals surface area contributed by atoms with Crippen LogP contribution in [0.5, 0.6) is 6.01 Å². The van der Waals surface area contributed by atoms with E-state index < -0.39 is 0 Å². The molecule has 1 aliphatic rings. The van der Waals surface area contributed by atoms with E-state index >= 15 is 0 Å². The molecule has 3 rings (SSSR count). The van der Waals surface area contributed by atoms with Gasteiger partial charge in [-0.3, -0.25) is 0 Å². The number of rotatable bonds is 4. The first-order valence-electron chi connectivity index (χ1n) is 6.70. The molecule has 1 atom stereocenters. The second-order valence-electron chi connectivity index (χ2n) is 4.91. The van der Waals surface area contributed by atoms with Gasteiger partial charge < -0.3 is 15.0 Å². The largest absolute Gasteiger partial charge is 0.465 e. The summed E-state index contributed by atoms with van der Waals surface area (Å²) in [6, 6.07) is 8.63. The van der Waals surface area contributed by atoms with Gasteiger partial charge >= 0.3 is 0 Å². The van der Waals surface area contributed by atoms with Crippen LogP contribution >= 0.6 is 0 Å². The summed E-state index contributed by atoms with van der Waals surface area (Å²) >= 11 is 0. The van der Waals surface area contributed by atoms with Crippen molar-refractivity contribution in [1.82, 2.24) is 15.3 Å². The molecule has 2 aromatic rings. The molecule has 1 saturated heterocycles. The molecule has 1 aliphatic heterocycles. The van der Waals surface area contributed by atoms with Crippen molar-refractivity contribution in [2.24, 2.45) is 5.92 Å². The van der Waals surface area contributed by atoms with Gasteiger partial charge in [0.05, 0.1) is 17.6 Å². The SMILES string of the molecule is c1ccc2[nH]c(OCC[C@@H]3CCCNC3)nc2c1. The highest BCUT2D eigenvalue weighted by molar-refractivity contribution is 5.75. The van der Waals surface area contributed by atoms with Crippen LogP contribution in [0, 0.1) is 5.92 Å². The maximum atomic E-state index is 5.70. The lowest BCUT2D eigenvalue weighted by Gasteiger charge is -2.22. The maximum Gasteiger partial charge on any atom is 0.294 e. The Hall–Kier alpha value is -1.55. The number of hydrogen-bond donors (Lipinski definition) is 2. The summed E-state index contributed by atoms with van der Waals surface area (Å²) in [5, 5.41) is 3.43. The van der Waals surface area contributed by atoms with Crippen molar-refractivity contribution in [3.05, 3.63) is 24.3 Å². The van der Waals surface area contributed by atoms with Crippen molar-refractivity contribution in [2.45, 2.75) is 19.3 Å². The van der Waals surface area contributed by atoms with Gasteiger partial charge in [-0.2, -0.15) is 4.98 Å². The van der Waals surface area contributed by atoms with Crippen molar-refractivity contribution in [2.75, 3.05) is 19.7 Å². The number of para-hydroxylation sites is 2. The molecule has 0 saturated carbocycles. The maximum absolute atomic E-state index is 5.70. The summed E-state index contributed by atoms with van der Waals surface area (Å²) < 4.78 is 5.70. The zero-order chi connectivity index (χ0) is 12.2. The molecule has 0 aliphatic carbocycles. The Morgan fingerprint density at radius 1 is 1.33 bits per heavy atom. The van der Waals surface area contributed by atoms with Crippen LogP contribution in [-0.4, -0.2) is 29.7 Å². The van der Waals surface area contributed by atoms with Crippen LogP contribution in [0.2, 0.25) is 0 Å². The second-order valence-corrected chi connectivity index (χ2v) is 4.91. The van der Waals surface area contributed by atoms with Crippen molar-refractivity contribution in [1.29, 1.82) is 0 Å². The normalized spacial score (nSPS) is 20.1. The van der Waals surface area contributed by atoms with E-state index in [0.717, 1.165) is 36.5 Å². The molecule has 96 valence electrons.